The van der Waals surface area contributed by atoms with Gasteiger partial charge >= 0.3 is 0 Å². The van der Waals surface area contributed by atoms with Crippen LogP contribution in [0.25, 0.3) is 0 Å². The second kappa shape index (κ2) is 9.99. The zero-order valence-electron chi connectivity index (χ0n) is 15.0. The van der Waals surface area contributed by atoms with Crippen LogP contribution in [-0.4, -0.2) is 38.4 Å². The Bertz CT molecular complexity index is 711. The standard InChI is InChI=1S/C20H26N4O2/c25-19-13-12-17(15-26-14-16-8-4-3-5-9-16)18(19)10-6-1-2-7-11-20-21-23-24-22-20/h1,3-6,8-9,19,25H,2,7,10-15H2,(H,21,22,23,24)/b6-1-/t19-/m0/s1. The molecular weight excluding hydrogens is 328 g/mol. The lowest BCUT2D eigenvalue weighted by Crippen LogP contribution is -2.05. The number of nitrogens with one attached hydrogen (secondary N) is 1. The summed E-state index contributed by atoms with van der Waals surface area (Å²) < 4.78 is 5.85. The highest BCUT2D eigenvalue weighted by Crippen LogP contribution is 2.29. The maximum absolute atomic E-state index is 10.2. The van der Waals surface area contributed by atoms with Gasteiger partial charge in [0.15, 0.2) is 0 Å². The van der Waals surface area contributed by atoms with E-state index in [9.17, 15) is 5.11 Å². The third-order valence-electron chi connectivity index (χ3n) is 4.64. The SMILES string of the molecule is O[C@H]1CCC(COCc2ccccc2)=C1C/C=C\CCCc1nnn[nH]1. The van der Waals surface area contributed by atoms with Crippen molar-refractivity contribution in [2.24, 2.45) is 0 Å². The third-order valence-corrected chi connectivity index (χ3v) is 4.64. The summed E-state index contributed by atoms with van der Waals surface area (Å²) in [4.78, 5) is 0. The minimum atomic E-state index is -0.324. The summed E-state index contributed by atoms with van der Waals surface area (Å²) in [5.74, 6) is 0.824. The first kappa shape index (κ1) is 18.5. The first-order chi connectivity index (χ1) is 12.8. The van der Waals surface area contributed by atoms with E-state index in [-0.39, 0.29) is 6.10 Å². The molecule has 0 fully saturated rings. The molecule has 6 nitrogen and oxygen atoms in total. The van der Waals surface area contributed by atoms with Crippen molar-refractivity contribution < 1.29 is 9.84 Å². The summed E-state index contributed by atoms with van der Waals surface area (Å²) in [6.45, 7) is 1.22. The number of aliphatic hydroxyl groups is 1. The number of aromatic amines is 1. The fraction of sp³-hybridized carbons (Fsp3) is 0.450. The Morgan fingerprint density at radius 2 is 2.08 bits per heavy atom. The van der Waals surface area contributed by atoms with Crippen LogP contribution in [0.4, 0.5) is 0 Å². The minimum Gasteiger partial charge on any atom is -0.389 e. The molecule has 1 atom stereocenters. The van der Waals surface area contributed by atoms with Gasteiger partial charge in [0.05, 0.1) is 19.3 Å². The molecular formula is C20H26N4O2. The van der Waals surface area contributed by atoms with Gasteiger partial charge < -0.3 is 9.84 Å². The number of rotatable bonds is 10. The minimum absolute atomic E-state index is 0.324. The highest BCUT2D eigenvalue weighted by molar-refractivity contribution is 5.26. The molecule has 3 rings (SSSR count). The molecule has 0 radical (unpaired) electrons. The Labute approximate surface area is 154 Å². The van der Waals surface area contributed by atoms with Crippen molar-refractivity contribution in [3.63, 3.8) is 0 Å². The maximum Gasteiger partial charge on any atom is 0.148 e. The molecule has 1 aromatic carbocycles. The van der Waals surface area contributed by atoms with E-state index >= 15 is 0 Å². The van der Waals surface area contributed by atoms with Crippen molar-refractivity contribution in [2.75, 3.05) is 6.61 Å². The van der Waals surface area contributed by atoms with Gasteiger partial charge in [-0.3, -0.25) is 0 Å². The van der Waals surface area contributed by atoms with Crippen LogP contribution < -0.4 is 0 Å². The van der Waals surface area contributed by atoms with Gasteiger partial charge in [0.2, 0.25) is 0 Å². The first-order valence-corrected chi connectivity index (χ1v) is 9.21. The Kier molecular flexibility index (Phi) is 7.10. The van der Waals surface area contributed by atoms with Crippen LogP contribution >= 0.6 is 0 Å². The number of nitrogens with zero attached hydrogens (tertiary/aromatic N) is 3. The highest BCUT2D eigenvalue weighted by atomic mass is 16.5. The number of allylic oxidation sites excluding steroid dienone is 2. The fourth-order valence-electron chi connectivity index (χ4n) is 3.19. The van der Waals surface area contributed by atoms with E-state index in [0.29, 0.717) is 13.2 Å². The molecule has 1 aromatic heterocycles. The number of hydrogen-bond donors (Lipinski definition) is 2. The van der Waals surface area contributed by atoms with Crippen LogP contribution in [0.3, 0.4) is 0 Å². The molecule has 1 aliphatic rings. The zero-order valence-corrected chi connectivity index (χ0v) is 15.0. The van der Waals surface area contributed by atoms with Gasteiger partial charge in [-0.1, -0.05) is 42.5 Å². The number of tetrazole rings is 1. The number of H-pyrrole nitrogens is 1. The Balaban J connectivity index is 1.41. The summed E-state index contributed by atoms with van der Waals surface area (Å²) in [7, 11) is 0. The molecule has 2 N–H and O–H groups in total. The second-order valence-electron chi connectivity index (χ2n) is 6.58. The smallest absolute Gasteiger partial charge is 0.148 e. The lowest BCUT2D eigenvalue weighted by Gasteiger charge is -2.10. The number of unbranched alkanes of at least 4 members (excludes halogenated alkanes) is 1. The van der Waals surface area contributed by atoms with Gasteiger partial charge in [-0.15, -0.1) is 5.10 Å². The van der Waals surface area contributed by atoms with Crippen LogP contribution in [0, 0.1) is 0 Å². The quantitative estimate of drug-likeness (QED) is 0.506. The summed E-state index contributed by atoms with van der Waals surface area (Å²) in [6.07, 6.45) is 9.37. The molecule has 2 aromatic rings. The molecule has 0 spiro atoms. The lowest BCUT2D eigenvalue weighted by molar-refractivity contribution is 0.141. The average Bonchev–Trinajstić information content (AvgIpc) is 3.30. The van der Waals surface area contributed by atoms with E-state index < -0.39 is 0 Å². The topological polar surface area (TPSA) is 83.9 Å². The molecule has 0 saturated heterocycles. The summed E-state index contributed by atoms with van der Waals surface area (Å²) in [6, 6.07) is 10.2. The molecule has 138 valence electrons. The summed E-state index contributed by atoms with van der Waals surface area (Å²) in [5, 5.41) is 24.0. The molecule has 6 heteroatoms. The highest BCUT2D eigenvalue weighted by Gasteiger charge is 2.22. The van der Waals surface area contributed by atoms with E-state index in [2.05, 4.69) is 44.9 Å². The van der Waals surface area contributed by atoms with Crippen LogP contribution in [0.5, 0.6) is 0 Å². The average molecular weight is 354 g/mol. The Hall–Kier alpha value is -2.31. The van der Waals surface area contributed by atoms with Gasteiger partial charge in [-0.2, -0.15) is 0 Å². The van der Waals surface area contributed by atoms with Crippen molar-refractivity contribution >= 4 is 0 Å². The number of aliphatic hydroxyl groups excluding tert-OH is 1. The third kappa shape index (κ3) is 5.61. The number of hydrogen-bond acceptors (Lipinski definition) is 5. The van der Waals surface area contributed by atoms with Crippen LogP contribution in [0.15, 0.2) is 53.6 Å². The maximum atomic E-state index is 10.2. The number of aryl methyl sites for hydroxylation is 1. The Morgan fingerprint density at radius 3 is 2.88 bits per heavy atom. The number of aromatic nitrogens is 4. The molecule has 1 heterocycles. The predicted octanol–water partition coefficient (Wildman–Crippen LogP) is 3.14. The van der Waals surface area contributed by atoms with Gasteiger partial charge in [-0.25, -0.2) is 5.10 Å². The lowest BCUT2D eigenvalue weighted by atomic mass is 10.1. The molecule has 0 amide bonds. The largest absolute Gasteiger partial charge is 0.389 e. The van der Waals surface area contributed by atoms with Crippen LogP contribution in [0.2, 0.25) is 0 Å². The second-order valence-corrected chi connectivity index (χ2v) is 6.58. The normalized spacial score (nSPS) is 17.5. The predicted molar refractivity (Wildman–Crippen MR) is 99.2 cm³/mol. The van der Waals surface area contributed by atoms with Crippen molar-refractivity contribution in [3.8, 4) is 0 Å². The van der Waals surface area contributed by atoms with E-state index in [1.54, 1.807) is 0 Å². The number of ether oxygens (including phenoxy) is 1. The molecule has 0 bridgehead atoms. The first-order valence-electron chi connectivity index (χ1n) is 9.21. The van der Waals surface area contributed by atoms with Gasteiger partial charge in [0.25, 0.3) is 0 Å². The van der Waals surface area contributed by atoms with Crippen molar-refractivity contribution in [3.05, 3.63) is 65.0 Å². The van der Waals surface area contributed by atoms with Gasteiger partial charge in [0.1, 0.15) is 5.82 Å². The molecule has 0 unspecified atom stereocenters. The van der Waals surface area contributed by atoms with Crippen LogP contribution in [0.1, 0.15) is 43.5 Å². The Morgan fingerprint density at radius 1 is 1.19 bits per heavy atom. The van der Waals surface area contributed by atoms with E-state index in [0.717, 1.165) is 49.9 Å². The monoisotopic (exact) mass is 354 g/mol. The molecule has 1 aliphatic carbocycles. The van der Waals surface area contributed by atoms with Crippen molar-refractivity contribution in [1.82, 2.24) is 20.6 Å². The molecule has 0 saturated carbocycles. The van der Waals surface area contributed by atoms with E-state index in [4.69, 9.17) is 4.74 Å². The number of benzene rings is 1. The van der Waals surface area contributed by atoms with Gasteiger partial charge in [-0.05, 0) is 59.2 Å². The summed E-state index contributed by atoms with van der Waals surface area (Å²) in [5.41, 5.74) is 3.56. The molecule has 26 heavy (non-hydrogen) atoms. The van der Waals surface area contributed by atoms with Gasteiger partial charge in [0, 0.05) is 6.42 Å². The van der Waals surface area contributed by atoms with E-state index in [1.165, 1.54) is 11.1 Å². The fourth-order valence-corrected chi connectivity index (χ4v) is 3.19. The van der Waals surface area contributed by atoms with E-state index in [1.807, 2.05) is 18.2 Å². The van der Waals surface area contributed by atoms with Crippen molar-refractivity contribution in [1.29, 1.82) is 0 Å². The molecule has 0 aliphatic heterocycles. The summed E-state index contributed by atoms with van der Waals surface area (Å²) >= 11 is 0. The van der Waals surface area contributed by atoms with Crippen molar-refractivity contribution in [2.45, 2.75) is 51.2 Å². The zero-order chi connectivity index (χ0) is 18.0. The van der Waals surface area contributed by atoms with Crippen LogP contribution in [-0.2, 0) is 17.8 Å².